The fourth-order valence-electron chi connectivity index (χ4n) is 1.64. The van der Waals surface area contributed by atoms with E-state index < -0.39 is 5.91 Å². The lowest BCUT2D eigenvalue weighted by molar-refractivity contribution is -0.119. The highest BCUT2D eigenvalue weighted by molar-refractivity contribution is 5.75. The average molecular weight is 275 g/mol. The molecule has 7 heteroatoms. The van der Waals surface area contributed by atoms with Crippen molar-refractivity contribution in [3.05, 3.63) is 42.0 Å². The third kappa shape index (κ3) is 4.36. The lowest BCUT2D eigenvalue weighted by atomic mass is 10.2. The molecule has 0 radical (unpaired) electrons. The van der Waals surface area contributed by atoms with Crippen molar-refractivity contribution >= 4 is 5.91 Å². The highest BCUT2D eigenvalue weighted by Crippen LogP contribution is 2.11. The standard InChI is InChI=1S/C13H17N5O2/c1-18-9-16-13(17-18)7-15-6-10-2-4-11(5-3-10)20-8-12(14)19/h2-5,9,15H,6-8H2,1H3,(H2,14,19). The number of rotatable bonds is 7. The van der Waals surface area contributed by atoms with Gasteiger partial charge in [0.2, 0.25) is 0 Å². The van der Waals surface area contributed by atoms with Crippen molar-refractivity contribution in [3.63, 3.8) is 0 Å². The van der Waals surface area contributed by atoms with Gasteiger partial charge in [0.05, 0.1) is 6.54 Å². The number of carbonyl (C=O) groups excluding carboxylic acids is 1. The predicted molar refractivity (Wildman–Crippen MR) is 72.7 cm³/mol. The Bertz CT molecular complexity index is 564. The second-order valence-electron chi connectivity index (χ2n) is 4.34. The second kappa shape index (κ2) is 6.67. The molecule has 0 unspecified atom stereocenters. The van der Waals surface area contributed by atoms with Gasteiger partial charge in [-0.1, -0.05) is 12.1 Å². The van der Waals surface area contributed by atoms with E-state index in [-0.39, 0.29) is 6.61 Å². The number of nitrogens with zero attached hydrogens (tertiary/aromatic N) is 3. The Labute approximate surface area is 116 Å². The van der Waals surface area contributed by atoms with Gasteiger partial charge in [-0.05, 0) is 17.7 Å². The number of aromatic nitrogens is 3. The van der Waals surface area contributed by atoms with Gasteiger partial charge >= 0.3 is 0 Å². The SMILES string of the molecule is Cn1cnc(CNCc2ccc(OCC(N)=O)cc2)n1. The summed E-state index contributed by atoms with van der Waals surface area (Å²) in [7, 11) is 1.83. The molecule has 106 valence electrons. The summed E-state index contributed by atoms with van der Waals surface area (Å²) in [6, 6.07) is 7.46. The van der Waals surface area contributed by atoms with E-state index in [1.807, 2.05) is 19.2 Å². The molecule has 0 atom stereocenters. The minimum absolute atomic E-state index is 0.108. The molecule has 0 spiro atoms. The van der Waals surface area contributed by atoms with Crippen molar-refractivity contribution in [3.8, 4) is 5.75 Å². The number of nitrogens with one attached hydrogen (secondary N) is 1. The molecule has 2 aromatic rings. The Morgan fingerprint density at radius 1 is 1.35 bits per heavy atom. The van der Waals surface area contributed by atoms with Gasteiger partial charge in [-0.2, -0.15) is 5.10 Å². The molecule has 0 fully saturated rings. The van der Waals surface area contributed by atoms with Crippen molar-refractivity contribution in [2.45, 2.75) is 13.1 Å². The van der Waals surface area contributed by atoms with Gasteiger partial charge in [0, 0.05) is 13.6 Å². The fourth-order valence-corrected chi connectivity index (χ4v) is 1.64. The molecular weight excluding hydrogens is 258 g/mol. The largest absolute Gasteiger partial charge is 0.484 e. The normalized spacial score (nSPS) is 10.4. The van der Waals surface area contributed by atoms with Crippen LogP contribution >= 0.6 is 0 Å². The monoisotopic (exact) mass is 275 g/mol. The van der Waals surface area contributed by atoms with Crippen LogP contribution in [0.2, 0.25) is 0 Å². The summed E-state index contributed by atoms with van der Waals surface area (Å²) in [6.45, 7) is 1.21. The molecule has 1 amide bonds. The summed E-state index contributed by atoms with van der Waals surface area (Å²) >= 11 is 0. The Hall–Kier alpha value is -2.41. The number of nitrogens with two attached hydrogens (primary N) is 1. The van der Waals surface area contributed by atoms with Gasteiger partial charge in [0.25, 0.3) is 5.91 Å². The van der Waals surface area contributed by atoms with Crippen LogP contribution in [0.15, 0.2) is 30.6 Å². The summed E-state index contributed by atoms with van der Waals surface area (Å²) < 4.78 is 6.85. The van der Waals surface area contributed by atoms with E-state index >= 15 is 0 Å². The maximum Gasteiger partial charge on any atom is 0.255 e. The van der Waals surface area contributed by atoms with E-state index in [9.17, 15) is 4.79 Å². The summed E-state index contributed by atoms with van der Waals surface area (Å²) in [6.07, 6.45) is 1.67. The Morgan fingerprint density at radius 2 is 2.10 bits per heavy atom. The van der Waals surface area contributed by atoms with Crippen molar-refractivity contribution in [1.82, 2.24) is 20.1 Å². The number of hydrogen-bond acceptors (Lipinski definition) is 5. The van der Waals surface area contributed by atoms with Gasteiger partial charge in [-0.15, -0.1) is 0 Å². The van der Waals surface area contributed by atoms with Crippen LogP contribution in [0.4, 0.5) is 0 Å². The first-order valence-electron chi connectivity index (χ1n) is 6.19. The fraction of sp³-hybridized carbons (Fsp3) is 0.308. The van der Waals surface area contributed by atoms with Crippen molar-refractivity contribution in [2.24, 2.45) is 12.8 Å². The summed E-state index contributed by atoms with van der Waals surface area (Å²) in [5.74, 6) is 0.895. The first kappa shape index (κ1) is 14.0. The van der Waals surface area contributed by atoms with E-state index in [0.717, 1.165) is 11.4 Å². The summed E-state index contributed by atoms with van der Waals surface area (Å²) in [5.41, 5.74) is 6.11. The maximum absolute atomic E-state index is 10.6. The van der Waals surface area contributed by atoms with Crippen LogP contribution in [0.3, 0.4) is 0 Å². The molecule has 0 aliphatic carbocycles. The quantitative estimate of drug-likeness (QED) is 0.740. The third-order valence-corrected chi connectivity index (χ3v) is 2.56. The molecule has 0 aliphatic rings. The molecule has 0 saturated heterocycles. The van der Waals surface area contributed by atoms with E-state index in [2.05, 4.69) is 15.4 Å². The van der Waals surface area contributed by atoms with Gasteiger partial charge in [-0.25, -0.2) is 4.98 Å². The van der Waals surface area contributed by atoms with Gasteiger partial charge < -0.3 is 15.8 Å². The number of hydrogen-bond donors (Lipinski definition) is 2. The highest BCUT2D eigenvalue weighted by Gasteiger charge is 2.00. The molecule has 2 rings (SSSR count). The van der Waals surface area contributed by atoms with Crippen LogP contribution in [-0.4, -0.2) is 27.3 Å². The molecule has 0 saturated carbocycles. The lowest BCUT2D eigenvalue weighted by Crippen LogP contribution is -2.20. The van der Waals surface area contributed by atoms with Crippen LogP contribution in [0.1, 0.15) is 11.4 Å². The van der Waals surface area contributed by atoms with E-state index in [4.69, 9.17) is 10.5 Å². The zero-order chi connectivity index (χ0) is 14.4. The smallest absolute Gasteiger partial charge is 0.255 e. The van der Waals surface area contributed by atoms with E-state index in [0.29, 0.717) is 18.8 Å². The van der Waals surface area contributed by atoms with E-state index in [1.54, 1.807) is 23.1 Å². The number of primary amides is 1. The number of benzene rings is 1. The van der Waals surface area contributed by atoms with Gasteiger partial charge in [0.15, 0.2) is 12.4 Å². The molecule has 3 N–H and O–H groups in total. The molecule has 1 heterocycles. The number of carbonyl (C=O) groups is 1. The molecule has 0 bridgehead atoms. The maximum atomic E-state index is 10.6. The summed E-state index contributed by atoms with van der Waals surface area (Å²) in [4.78, 5) is 14.7. The van der Waals surface area contributed by atoms with Crippen molar-refractivity contribution < 1.29 is 9.53 Å². The summed E-state index contributed by atoms with van der Waals surface area (Å²) in [5, 5.41) is 7.42. The van der Waals surface area contributed by atoms with Crippen LogP contribution in [0.5, 0.6) is 5.75 Å². The van der Waals surface area contributed by atoms with Crippen LogP contribution < -0.4 is 15.8 Å². The second-order valence-corrected chi connectivity index (χ2v) is 4.34. The van der Waals surface area contributed by atoms with Gasteiger partial charge in [0.1, 0.15) is 12.1 Å². The van der Waals surface area contributed by atoms with Gasteiger partial charge in [-0.3, -0.25) is 9.48 Å². The first-order chi connectivity index (χ1) is 9.63. The first-order valence-corrected chi connectivity index (χ1v) is 6.19. The molecule has 1 aromatic carbocycles. The molecule has 0 aliphatic heterocycles. The minimum atomic E-state index is -0.487. The minimum Gasteiger partial charge on any atom is -0.484 e. The topological polar surface area (TPSA) is 95.1 Å². The lowest BCUT2D eigenvalue weighted by Gasteiger charge is -2.06. The molecule has 1 aromatic heterocycles. The highest BCUT2D eigenvalue weighted by atomic mass is 16.5. The zero-order valence-electron chi connectivity index (χ0n) is 11.2. The van der Waals surface area contributed by atoms with Crippen LogP contribution in [0.25, 0.3) is 0 Å². The number of amides is 1. The Kier molecular flexibility index (Phi) is 4.67. The van der Waals surface area contributed by atoms with Crippen LogP contribution in [0, 0.1) is 0 Å². The van der Waals surface area contributed by atoms with Crippen molar-refractivity contribution in [2.75, 3.05) is 6.61 Å². The third-order valence-electron chi connectivity index (χ3n) is 2.56. The average Bonchev–Trinajstić information content (AvgIpc) is 2.83. The van der Waals surface area contributed by atoms with Crippen LogP contribution in [-0.2, 0) is 24.9 Å². The number of aryl methyl sites for hydroxylation is 1. The Morgan fingerprint density at radius 3 is 2.70 bits per heavy atom. The Balaban J connectivity index is 1.77. The molecule has 7 nitrogen and oxygen atoms in total. The van der Waals surface area contributed by atoms with E-state index in [1.165, 1.54) is 0 Å². The number of ether oxygens (including phenoxy) is 1. The van der Waals surface area contributed by atoms with Crippen molar-refractivity contribution in [1.29, 1.82) is 0 Å². The molecular formula is C13H17N5O2. The predicted octanol–water partition coefficient (Wildman–Crippen LogP) is -0.0310. The zero-order valence-corrected chi connectivity index (χ0v) is 11.2. The molecule has 20 heavy (non-hydrogen) atoms.